The van der Waals surface area contributed by atoms with E-state index in [9.17, 15) is 18.3 Å². The molecule has 8 heteroatoms. The van der Waals surface area contributed by atoms with Crippen molar-refractivity contribution in [1.29, 1.82) is 0 Å². The molecule has 19 heavy (non-hydrogen) atoms. The molecule has 0 bridgehead atoms. The fourth-order valence-electron chi connectivity index (χ4n) is 2.55. The molecule has 7 nitrogen and oxygen atoms in total. The second-order valence-corrected chi connectivity index (χ2v) is 7.18. The Morgan fingerprint density at radius 3 is 2.74 bits per heavy atom. The van der Waals surface area contributed by atoms with Gasteiger partial charge in [0.15, 0.2) is 5.60 Å². The first-order valence-electron chi connectivity index (χ1n) is 6.28. The highest BCUT2D eigenvalue weighted by atomic mass is 32.2. The fraction of sp³-hybridized carbons (Fsp3) is 0.909. The minimum atomic E-state index is -3.51. The summed E-state index contributed by atoms with van der Waals surface area (Å²) in [5.41, 5.74) is -1.41. The first kappa shape index (κ1) is 14.7. The van der Waals surface area contributed by atoms with Gasteiger partial charge in [-0.2, -0.15) is 4.31 Å². The van der Waals surface area contributed by atoms with Crippen molar-refractivity contribution in [2.75, 3.05) is 33.4 Å². The Hall–Kier alpha value is -0.700. The predicted molar refractivity (Wildman–Crippen MR) is 66.3 cm³/mol. The van der Waals surface area contributed by atoms with Gasteiger partial charge in [-0.05, 0) is 12.8 Å². The molecule has 1 N–H and O–H groups in total. The molecule has 2 rings (SSSR count). The van der Waals surface area contributed by atoms with Crippen LogP contribution >= 0.6 is 0 Å². The largest absolute Gasteiger partial charge is 0.479 e. The van der Waals surface area contributed by atoms with Crippen LogP contribution in [0.5, 0.6) is 0 Å². The van der Waals surface area contributed by atoms with E-state index >= 15 is 0 Å². The fourth-order valence-corrected chi connectivity index (χ4v) is 4.44. The average Bonchev–Trinajstić information content (AvgIpc) is 2.86. The number of rotatable bonds is 4. The summed E-state index contributed by atoms with van der Waals surface area (Å²) in [5, 5.41) is 8.62. The summed E-state index contributed by atoms with van der Waals surface area (Å²) in [6, 6.07) is 0. The second-order valence-electron chi connectivity index (χ2n) is 4.97. The molecule has 0 aromatic carbocycles. The summed E-state index contributed by atoms with van der Waals surface area (Å²) in [4.78, 5) is 11.2. The highest BCUT2D eigenvalue weighted by Crippen LogP contribution is 2.30. The standard InChI is InChI=1S/C11H19NO6S/c1-17-11(10(13)14)4-5-12(8-11)19(15,16)9-3-2-6-18-7-9/h9H,2-8H2,1H3,(H,13,14). The van der Waals surface area contributed by atoms with E-state index in [1.54, 1.807) is 0 Å². The molecule has 2 heterocycles. The molecule has 0 radical (unpaired) electrons. The van der Waals surface area contributed by atoms with Crippen LogP contribution in [-0.2, 0) is 24.3 Å². The number of nitrogens with zero attached hydrogens (tertiary/aromatic N) is 1. The quantitative estimate of drug-likeness (QED) is 0.763. The van der Waals surface area contributed by atoms with Gasteiger partial charge in [0.1, 0.15) is 0 Å². The van der Waals surface area contributed by atoms with E-state index in [1.807, 2.05) is 0 Å². The van der Waals surface area contributed by atoms with Gasteiger partial charge in [-0.1, -0.05) is 0 Å². The van der Waals surface area contributed by atoms with Crippen molar-refractivity contribution in [3.05, 3.63) is 0 Å². The van der Waals surface area contributed by atoms with Crippen molar-refractivity contribution < 1.29 is 27.8 Å². The maximum absolute atomic E-state index is 12.4. The van der Waals surface area contributed by atoms with E-state index in [4.69, 9.17) is 9.47 Å². The number of ether oxygens (including phenoxy) is 2. The van der Waals surface area contributed by atoms with Crippen molar-refractivity contribution in [3.8, 4) is 0 Å². The summed E-state index contributed by atoms with van der Waals surface area (Å²) >= 11 is 0. The van der Waals surface area contributed by atoms with Crippen molar-refractivity contribution in [3.63, 3.8) is 0 Å². The Morgan fingerprint density at radius 1 is 1.53 bits per heavy atom. The molecule has 2 fully saturated rings. The van der Waals surface area contributed by atoms with Gasteiger partial charge in [-0.25, -0.2) is 13.2 Å². The topological polar surface area (TPSA) is 93.1 Å². The highest BCUT2D eigenvalue weighted by molar-refractivity contribution is 7.89. The van der Waals surface area contributed by atoms with Gasteiger partial charge in [0.05, 0.1) is 18.4 Å². The van der Waals surface area contributed by atoms with Crippen LogP contribution in [0.3, 0.4) is 0 Å². The summed E-state index contributed by atoms with van der Waals surface area (Å²) in [5.74, 6) is -1.12. The number of carboxylic acid groups (broad SMARTS) is 1. The van der Waals surface area contributed by atoms with Crippen molar-refractivity contribution in [2.24, 2.45) is 0 Å². The first-order valence-corrected chi connectivity index (χ1v) is 7.78. The SMILES string of the molecule is COC1(C(=O)O)CCN(S(=O)(=O)C2CCCOC2)C1. The molecule has 0 saturated carbocycles. The third-order valence-electron chi connectivity index (χ3n) is 3.88. The van der Waals surface area contributed by atoms with E-state index in [1.165, 1.54) is 11.4 Å². The van der Waals surface area contributed by atoms with Gasteiger partial charge in [0.25, 0.3) is 0 Å². The Balaban J connectivity index is 2.13. The molecule has 2 saturated heterocycles. The van der Waals surface area contributed by atoms with Crippen LogP contribution in [-0.4, -0.2) is 68.1 Å². The van der Waals surface area contributed by atoms with Crippen molar-refractivity contribution in [2.45, 2.75) is 30.1 Å². The summed E-state index contributed by atoms with van der Waals surface area (Å²) in [6.45, 7) is 0.825. The zero-order valence-corrected chi connectivity index (χ0v) is 11.7. The maximum Gasteiger partial charge on any atom is 0.337 e. The minimum absolute atomic E-state index is 0.127. The zero-order chi connectivity index (χ0) is 14.1. The first-order chi connectivity index (χ1) is 8.92. The van der Waals surface area contributed by atoms with E-state index in [-0.39, 0.29) is 26.1 Å². The normalized spacial score (nSPS) is 33.4. The number of hydrogen-bond donors (Lipinski definition) is 1. The van der Waals surface area contributed by atoms with Crippen LogP contribution in [0.25, 0.3) is 0 Å². The Labute approximate surface area is 112 Å². The molecule has 2 aliphatic heterocycles. The maximum atomic E-state index is 12.4. The van der Waals surface area contributed by atoms with Gasteiger partial charge < -0.3 is 14.6 Å². The van der Waals surface area contributed by atoms with Gasteiger partial charge >= 0.3 is 5.97 Å². The van der Waals surface area contributed by atoms with E-state index < -0.39 is 26.8 Å². The lowest BCUT2D eigenvalue weighted by Crippen LogP contribution is -2.47. The molecule has 2 atom stereocenters. The number of carbonyl (C=O) groups is 1. The van der Waals surface area contributed by atoms with Gasteiger partial charge in [0.2, 0.25) is 10.0 Å². The van der Waals surface area contributed by atoms with Gasteiger partial charge in [-0.3, -0.25) is 0 Å². The third kappa shape index (κ3) is 2.62. The lowest BCUT2D eigenvalue weighted by Gasteiger charge is -2.28. The molecule has 0 aliphatic carbocycles. The molecule has 110 valence electrons. The van der Waals surface area contributed by atoms with E-state index in [0.717, 1.165) is 0 Å². The Kier molecular flexibility index (Phi) is 4.14. The average molecular weight is 293 g/mol. The number of sulfonamides is 1. The Morgan fingerprint density at radius 2 is 2.26 bits per heavy atom. The number of hydrogen-bond acceptors (Lipinski definition) is 5. The minimum Gasteiger partial charge on any atom is -0.479 e. The summed E-state index contributed by atoms with van der Waals surface area (Å²) in [6.07, 6.45) is 1.45. The molecule has 2 aliphatic rings. The van der Waals surface area contributed by atoms with Crippen LogP contribution in [0.15, 0.2) is 0 Å². The van der Waals surface area contributed by atoms with Crippen LogP contribution in [0.2, 0.25) is 0 Å². The second kappa shape index (κ2) is 5.35. The molecule has 2 unspecified atom stereocenters. The summed E-state index contributed by atoms with van der Waals surface area (Å²) in [7, 11) is -2.21. The number of aliphatic carboxylic acids is 1. The molecular formula is C11H19NO6S. The van der Waals surface area contributed by atoms with Crippen molar-refractivity contribution in [1.82, 2.24) is 4.31 Å². The zero-order valence-electron chi connectivity index (χ0n) is 10.9. The molecule has 0 aromatic rings. The molecule has 0 aromatic heterocycles. The van der Waals surface area contributed by atoms with Crippen molar-refractivity contribution >= 4 is 16.0 Å². The lowest BCUT2D eigenvalue weighted by atomic mass is 10.0. The smallest absolute Gasteiger partial charge is 0.337 e. The molecular weight excluding hydrogens is 274 g/mol. The van der Waals surface area contributed by atoms with Crippen LogP contribution in [0.1, 0.15) is 19.3 Å². The predicted octanol–water partition coefficient (Wildman–Crippen LogP) is -0.329. The summed E-state index contributed by atoms with van der Waals surface area (Å²) < 4.78 is 36.3. The highest BCUT2D eigenvalue weighted by Gasteiger charge is 2.50. The molecule has 0 spiro atoms. The lowest BCUT2D eigenvalue weighted by molar-refractivity contribution is -0.160. The van der Waals surface area contributed by atoms with Gasteiger partial charge in [-0.15, -0.1) is 0 Å². The van der Waals surface area contributed by atoms with Crippen LogP contribution in [0, 0.1) is 0 Å². The third-order valence-corrected chi connectivity index (χ3v) is 6.12. The van der Waals surface area contributed by atoms with Crippen LogP contribution < -0.4 is 0 Å². The molecule has 0 amide bonds. The number of carboxylic acids is 1. The number of methoxy groups -OCH3 is 1. The monoisotopic (exact) mass is 293 g/mol. The van der Waals surface area contributed by atoms with Gasteiger partial charge in [0, 0.05) is 26.7 Å². The Bertz CT molecular complexity index is 444. The van der Waals surface area contributed by atoms with Crippen LogP contribution in [0.4, 0.5) is 0 Å². The van der Waals surface area contributed by atoms with E-state index in [2.05, 4.69) is 0 Å². The van der Waals surface area contributed by atoms with E-state index in [0.29, 0.717) is 19.4 Å².